The Morgan fingerprint density at radius 2 is 2.39 bits per heavy atom. The molecule has 0 saturated heterocycles. The molecule has 0 bridgehead atoms. The smallest absolute Gasteiger partial charge is 0.257 e. The summed E-state index contributed by atoms with van der Waals surface area (Å²) in [7, 11) is 0. The Labute approximate surface area is 108 Å². The van der Waals surface area contributed by atoms with Crippen molar-refractivity contribution in [3.63, 3.8) is 0 Å². The van der Waals surface area contributed by atoms with Crippen LogP contribution in [0.4, 0.5) is 0 Å². The summed E-state index contributed by atoms with van der Waals surface area (Å²) in [5.41, 5.74) is 8.55. The molecular weight excluding hydrogens is 228 g/mol. The van der Waals surface area contributed by atoms with E-state index in [0.717, 1.165) is 30.6 Å². The normalized spacial score (nSPS) is 18.0. The van der Waals surface area contributed by atoms with Gasteiger partial charge in [-0.15, -0.1) is 0 Å². The standard InChI is InChI=1S/C14H20N2O2/c1-2-16-14(17)9-18-11-7-6-10-4-3-5-13(15)12(10)8-11/h6-8,13H,2-5,9,15H2,1H3,(H,16,17). The second-order valence-electron chi connectivity index (χ2n) is 4.60. The van der Waals surface area contributed by atoms with E-state index >= 15 is 0 Å². The lowest BCUT2D eigenvalue weighted by Crippen LogP contribution is -2.28. The topological polar surface area (TPSA) is 64.3 Å². The Morgan fingerprint density at radius 1 is 1.56 bits per heavy atom. The first-order valence-corrected chi connectivity index (χ1v) is 6.48. The van der Waals surface area contributed by atoms with Crippen molar-refractivity contribution in [1.82, 2.24) is 5.32 Å². The molecule has 0 aromatic heterocycles. The third kappa shape index (κ3) is 3.01. The van der Waals surface area contributed by atoms with Gasteiger partial charge >= 0.3 is 0 Å². The van der Waals surface area contributed by atoms with Crippen molar-refractivity contribution in [1.29, 1.82) is 0 Å². The van der Waals surface area contributed by atoms with Crippen LogP contribution in [0, 0.1) is 0 Å². The lowest BCUT2D eigenvalue weighted by molar-refractivity contribution is -0.122. The number of hydrogen-bond acceptors (Lipinski definition) is 3. The Hall–Kier alpha value is -1.55. The quantitative estimate of drug-likeness (QED) is 0.849. The summed E-state index contributed by atoms with van der Waals surface area (Å²) in [6, 6.07) is 6.04. The Balaban J connectivity index is 2.02. The van der Waals surface area contributed by atoms with E-state index in [-0.39, 0.29) is 18.6 Å². The average molecular weight is 248 g/mol. The Kier molecular flexibility index (Phi) is 4.20. The predicted octanol–water partition coefficient (Wildman–Crippen LogP) is 1.54. The molecule has 2 rings (SSSR count). The van der Waals surface area contributed by atoms with Crippen LogP contribution in [-0.4, -0.2) is 19.1 Å². The van der Waals surface area contributed by atoms with Crippen LogP contribution in [0.2, 0.25) is 0 Å². The number of amides is 1. The number of benzene rings is 1. The molecule has 1 atom stereocenters. The lowest BCUT2D eigenvalue weighted by atomic mass is 9.88. The van der Waals surface area contributed by atoms with Gasteiger partial charge in [-0.05, 0) is 49.4 Å². The molecule has 0 fully saturated rings. The third-order valence-electron chi connectivity index (χ3n) is 3.22. The molecule has 3 N–H and O–H groups in total. The van der Waals surface area contributed by atoms with E-state index in [1.807, 2.05) is 19.1 Å². The number of likely N-dealkylation sites (N-methyl/N-ethyl adjacent to an activating group) is 1. The number of fused-ring (bicyclic) bond motifs is 1. The first-order valence-electron chi connectivity index (χ1n) is 6.48. The summed E-state index contributed by atoms with van der Waals surface area (Å²) in [5.74, 6) is 0.622. The van der Waals surface area contributed by atoms with Crippen molar-refractivity contribution < 1.29 is 9.53 Å². The molecule has 1 aliphatic carbocycles. The van der Waals surface area contributed by atoms with Gasteiger partial charge < -0.3 is 15.8 Å². The van der Waals surface area contributed by atoms with Gasteiger partial charge in [0.05, 0.1) is 0 Å². The molecule has 1 amide bonds. The third-order valence-corrected chi connectivity index (χ3v) is 3.22. The van der Waals surface area contributed by atoms with Crippen LogP contribution in [0.15, 0.2) is 18.2 Å². The Morgan fingerprint density at radius 3 is 3.17 bits per heavy atom. The fraction of sp³-hybridized carbons (Fsp3) is 0.500. The predicted molar refractivity (Wildman–Crippen MR) is 70.5 cm³/mol. The van der Waals surface area contributed by atoms with E-state index in [1.54, 1.807) is 0 Å². The van der Waals surface area contributed by atoms with Crippen LogP contribution in [0.1, 0.15) is 36.9 Å². The molecule has 4 nitrogen and oxygen atoms in total. The zero-order valence-corrected chi connectivity index (χ0v) is 10.7. The van der Waals surface area contributed by atoms with E-state index in [2.05, 4.69) is 11.4 Å². The molecular formula is C14H20N2O2. The number of aryl methyl sites for hydroxylation is 1. The van der Waals surface area contributed by atoms with Crippen LogP contribution in [0.25, 0.3) is 0 Å². The fourth-order valence-corrected chi connectivity index (χ4v) is 2.30. The summed E-state index contributed by atoms with van der Waals surface area (Å²) in [4.78, 5) is 11.3. The van der Waals surface area contributed by atoms with E-state index in [1.165, 1.54) is 5.56 Å². The zero-order chi connectivity index (χ0) is 13.0. The van der Waals surface area contributed by atoms with Gasteiger partial charge in [0.2, 0.25) is 0 Å². The second-order valence-corrected chi connectivity index (χ2v) is 4.60. The maximum absolute atomic E-state index is 11.3. The van der Waals surface area contributed by atoms with Crippen molar-refractivity contribution in [3.8, 4) is 5.75 Å². The SMILES string of the molecule is CCNC(=O)COc1ccc2c(c1)C(N)CCC2. The van der Waals surface area contributed by atoms with E-state index in [9.17, 15) is 4.79 Å². The van der Waals surface area contributed by atoms with E-state index in [0.29, 0.717) is 6.54 Å². The van der Waals surface area contributed by atoms with Crippen molar-refractivity contribution in [2.24, 2.45) is 5.73 Å². The van der Waals surface area contributed by atoms with Gasteiger partial charge in [-0.1, -0.05) is 6.07 Å². The monoisotopic (exact) mass is 248 g/mol. The summed E-state index contributed by atoms with van der Waals surface area (Å²) >= 11 is 0. The minimum Gasteiger partial charge on any atom is -0.484 e. The van der Waals surface area contributed by atoms with Gasteiger partial charge in [-0.2, -0.15) is 0 Å². The number of ether oxygens (including phenoxy) is 1. The highest BCUT2D eigenvalue weighted by molar-refractivity contribution is 5.77. The number of nitrogens with one attached hydrogen (secondary N) is 1. The summed E-state index contributed by atoms with van der Waals surface area (Å²) < 4.78 is 5.47. The highest BCUT2D eigenvalue weighted by Crippen LogP contribution is 2.30. The number of carbonyl (C=O) groups excluding carboxylic acids is 1. The van der Waals surface area contributed by atoms with Crippen LogP contribution in [0.5, 0.6) is 5.75 Å². The lowest BCUT2D eigenvalue weighted by Gasteiger charge is -2.22. The van der Waals surface area contributed by atoms with Crippen molar-refractivity contribution in [2.75, 3.05) is 13.2 Å². The minimum atomic E-state index is -0.0977. The number of carbonyl (C=O) groups is 1. The van der Waals surface area contributed by atoms with Gasteiger partial charge in [0.15, 0.2) is 6.61 Å². The van der Waals surface area contributed by atoms with Gasteiger partial charge in [-0.25, -0.2) is 0 Å². The Bertz CT molecular complexity index is 432. The van der Waals surface area contributed by atoms with Crippen molar-refractivity contribution in [2.45, 2.75) is 32.2 Å². The van der Waals surface area contributed by atoms with Crippen LogP contribution >= 0.6 is 0 Å². The highest BCUT2D eigenvalue weighted by atomic mass is 16.5. The van der Waals surface area contributed by atoms with Gasteiger partial charge in [-0.3, -0.25) is 4.79 Å². The summed E-state index contributed by atoms with van der Waals surface area (Å²) in [6.07, 6.45) is 3.25. The number of rotatable bonds is 4. The zero-order valence-electron chi connectivity index (χ0n) is 10.7. The van der Waals surface area contributed by atoms with Crippen LogP contribution in [-0.2, 0) is 11.2 Å². The fourth-order valence-electron chi connectivity index (χ4n) is 2.30. The highest BCUT2D eigenvalue weighted by Gasteiger charge is 2.17. The molecule has 4 heteroatoms. The molecule has 1 aliphatic rings. The minimum absolute atomic E-state index is 0.0574. The molecule has 1 aromatic rings. The van der Waals surface area contributed by atoms with Crippen molar-refractivity contribution >= 4 is 5.91 Å². The largest absolute Gasteiger partial charge is 0.484 e. The first kappa shape index (κ1) is 12.9. The number of hydrogen-bond donors (Lipinski definition) is 2. The summed E-state index contributed by atoms with van der Waals surface area (Å²) in [6.45, 7) is 2.56. The van der Waals surface area contributed by atoms with Crippen LogP contribution in [0.3, 0.4) is 0 Å². The van der Waals surface area contributed by atoms with Crippen LogP contribution < -0.4 is 15.8 Å². The molecule has 1 unspecified atom stereocenters. The second kappa shape index (κ2) is 5.87. The molecule has 98 valence electrons. The molecule has 0 aliphatic heterocycles. The van der Waals surface area contributed by atoms with E-state index in [4.69, 9.17) is 10.5 Å². The van der Waals surface area contributed by atoms with E-state index < -0.39 is 0 Å². The maximum Gasteiger partial charge on any atom is 0.257 e. The molecule has 0 heterocycles. The van der Waals surface area contributed by atoms with Gasteiger partial charge in [0.25, 0.3) is 5.91 Å². The molecule has 0 saturated carbocycles. The van der Waals surface area contributed by atoms with Gasteiger partial charge in [0, 0.05) is 12.6 Å². The number of nitrogens with two attached hydrogens (primary N) is 1. The molecule has 18 heavy (non-hydrogen) atoms. The molecule has 1 aromatic carbocycles. The molecule has 0 spiro atoms. The molecule has 0 radical (unpaired) electrons. The maximum atomic E-state index is 11.3. The van der Waals surface area contributed by atoms with Gasteiger partial charge in [0.1, 0.15) is 5.75 Å². The summed E-state index contributed by atoms with van der Waals surface area (Å²) in [5, 5.41) is 2.70. The average Bonchev–Trinajstić information content (AvgIpc) is 2.37. The van der Waals surface area contributed by atoms with Crippen molar-refractivity contribution in [3.05, 3.63) is 29.3 Å². The first-order chi connectivity index (χ1) is 8.70.